The van der Waals surface area contributed by atoms with Gasteiger partial charge in [0, 0.05) is 10.0 Å². The third-order valence-electron chi connectivity index (χ3n) is 2.75. The molecule has 0 radical (unpaired) electrons. The number of hydrogen-bond donors (Lipinski definition) is 3. The Bertz CT molecular complexity index is 709. The quantitative estimate of drug-likeness (QED) is 0.297. The van der Waals surface area contributed by atoms with E-state index in [-0.39, 0.29) is 11.7 Å². The molecule has 0 saturated heterocycles. The molecule has 0 aliphatic heterocycles. The minimum Gasteiger partial charge on any atom is -0.409 e. The molecule has 0 saturated carbocycles. The summed E-state index contributed by atoms with van der Waals surface area (Å²) >= 11 is 8.00. The van der Waals surface area contributed by atoms with Crippen LogP contribution in [0.3, 0.4) is 0 Å². The van der Waals surface area contributed by atoms with E-state index in [0.717, 1.165) is 13.8 Å². The van der Waals surface area contributed by atoms with Gasteiger partial charge in [0.05, 0.1) is 14.4 Å². The van der Waals surface area contributed by atoms with Crippen LogP contribution < -0.4 is 11.1 Å². The fourth-order valence-corrected chi connectivity index (χ4v) is 3.74. The second kappa shape index (κ2) is 6.59. The van der Waals surface area contributed by atoms with Gasteiger partial charge >= 0.3 is 0 Å². The summed E-state index contributed by atoms with van der Waals surface area (Å²) in [6.45, 7) is 1.82. The zero-order valence-corrected chi connectivity index (χ0v) is 14.8. The zero-order chi connectivity index (χ0) is 15.6. The number of oxime groups is 1. The molecule has 0 aliphatic carbocycles. The van der Waals surface area contributed by atoms with Gasteiger partial charge in [-0.1, -0.05) is 17.3 Å². The first-order chi connectivity index (χ1) is 9.93. The molecule has 5 nitrogen and oxygen atoms in total. The summed E-state index contributed by atoms with van der Waals surface area (Å²) in [6.07, 6.45) is 0. The Morgan fingerprint density at radius 2 is 2.14 bits per heavy atom. The number of aryl methyl sites for hydroxylation is 1. The van der Waals surface area contributed by atoms with Crippen LogP contribution in [0.25, 0.3) is 0 Å². The van der Waals surface area contributed by atoms with Crippen molar-refractivity contribution in [2.75, 3.05) is 5.32 Å². The highest BCUT2D eigenvalue weighted by molar-refractivity contribution is 9.13. The Morgan fingerprint density at radius 1 is 1.43 bits per heavy atom. The monoisotopic (exact) mass is 431 g/mol. The van der Waals surface area contributed by atoms with Gasteiger partial charge in [-0.25, -0.2) is 0 Å². The molecule has 0 unspecified atom stereocenters. The van der Waals surface area contributed by atoms with Gasteiger partial charge in [-0.15, -0.1) is 11.3 Å². The first kappa shape index (κ1) is 16.0. The molecule has 8 heteroatoms. The molecule has 0 aliphatic rings. The van der Waals surface area contributed by atoms with Crippen LogP contribution in [-0.4, -0.2) is 17.0 Å². The first-order valence-electron chi connectivity index (χ1n) is 5.77. The number of carbonyl (C=O) groups is 1. The summed E-state index contributed by atoms with van der Waals surface area (Å²) in [5, 5.41) is 14.7. The number of anilines is 1. The van der Waals surface area contributed by atoms with E-state index in [1.54, 1.807) is 18.2 Å². The second-order valence-corrected chi connectivity index (χ2v) is 7.39. The molecule has 1 amide bonds. The van der Waals surface area contributed by atoms with E-state index in [1.807, 2.05) is 13.0 Å². The Kier molecular flexibility index (Phi) is 5.02. The molecule has 1 aromatic heterocycles. The smallest absolute Gasteiger partial charge is 0.265 e. The van der Waals surface area contributed by atoms with Crippen molar-refractivity contribution in [3.8, 4) is 0 Å². The summed E-state index contributed by atoms with van der Waals surface area (Å²) in [4.78, 5) is 12.8. The molecule has 0 spiro atoms. The number of amides is 1. The van der Waals surface area contributed by atoms with Gasteiger partial charge in [-0.2, -0.15) is 0 Å². The van der Waals surface area contributed by atoms with E-state index in [0.29, 0.717) is 16.1 Å². The maximum absolute atomic E-state index is 12.3. The van der Waals surface area contributed by atoms with Gasteiger partial charge < -0.3 is 16.3 Å². The number of nitrogens with two attached hydrogens (primary N) is 1. The highest BCUT2D eigenvalue weighted by atomic mass is 79.9. The van der Waals surface area contributed by atoms with Crippen LogP contribution in [0.15, 0.2) is 37.7 Å². The summed E-state index contributed by atoms with van der Waals surface area (Å²) in [6, 6.07) is 7.04. The van der Waals surface area contributed by atoms with E-state index in [2.05, 4.69) is 42.3 Å². The molecule has 0 bridgehead atoms. The lowest BCUT2D eigenvalue weighted by Gasteiger charge is -2.11. The number of hydrogen-bond acceptors (Lipinski definition) is 4. The third kappa shape index (κ3) is 3.45. The predicted molar refractivity (Wildman–Crippen MR) is 91.4 cm³/mol. The second-order valence-electron chi connectivity index (χ2n) is 4.17. The van der Waals surface area contributed by atoms with Crippen molar-refractivity contribution in [2.45, 2.75) is 6.92 Å². The number of rotatable bonds is 3. The van der Waals surface area contributed by atoms with Gasteiger partial charge in [0.2, 0.25) is 0 Å². The molecule has 2 rings (SSSR count). The maximum Gasteiger partial charge on any atom is 0.265 e. The lowest BCUT2D eigenvalue weighted by Crippen LogP contribution is -2.20. The molecule has 110 valence electrons. The van der Waals surface area contributed by atoms with Crippen molar-refractivity contribution in [3.05, 3.63) is 48.5 Å². The van der Waals surface area contributed by atoms with E-state index in [9.17, 15) is 4.79 Å². The largest absolute Gasteiger partial charge is 0.409 e. The number of nitrogens with one attached hydrogen (secondary N) is 1. The average molecular weight is 433 g/mol. The summed E-state index contributed by atoms with van der Waals surface area (Å²) in [7, 11) is 0. The SMILES string of the molecule is Cc1cccc(NC(=O)c2cc(Br)c(Br)s2)c1/C(N)=N/O. The number of halogens is 2. The van der Waals surface area contributed by atoms with E-state index >= 15 is 0 Å². The molecule has 1 aromatic carbocycles. The van der Waals surface area contributed by atoms with E-state index < -0.39 is 0 Å². The van der Waals surface area contributed by atoms with E-state index in [1.165, 1.54) is 11.3 Å². The normalized spacial score (nSPS) is 11.5. The molecule has 0 fully saturated rings. The van der Waals surface area contributed by atoms with Crippen molar-refractivity contribution in [1.82, 2.24) is 0 Å². The molecular weight excluding hydrogens is 422 g/mol. The Labute approximate surface area is 142 Å². The molecule has 0 atom stereocenters. The number of carbonyl (C=O) groups excluding carboxylic acids is 1. The maximum atomic E-state index is 12.3. The first-order valence-corrected chi connectivity index (χ1v) is 8.18. The van der Waals surface area contributed by atoms with Gasteiger partial charge in [-0.05, 0) is 56.5 Å². The van der Waals surface area contributed by atoms with Crippen molar-refractivity contribution in [3.63, 3.8) is 0 Å². The lowest BCUT2D eigenvalue weighted by molar-refractivity contribution is 0.103. The number of nitrogens with zero attached hydrogens (tertiary/aromatic N) is 1. The fourth-order valence-electron chi connectivity index (χ4n) is 1.80. The Hall–Kier alpha value is -1.38. The van der Waals surface area contributed by atoms with Crippen molar-refractivity contribution in [1.29, 1.82) is 0 Å². The van der Waals surface area contributed by atoms with Gasteiger partial charge in [0.25, 0.3) is 5.91 Å². The number of thiophene rings is 1. The topological polar surface area (TPSA) is 87.7 Å². The zero-order valence-electron chi connectivity index (χ0n) is 10.9. The lowest BCUT2D eigenvalue weighted by atomic mass is 10.1. The average Bonchev–Trinajstić information content (AvgIpc) is 2.78. The van der Waals surface area contributed by atoms with Crippen LogP contribution in [0.4, 0.5) is 5.69 Å². The standard InChI is InChI=1S/C13H11Br2N3O2S/c1-6-3-2-4-8(10(6)12(16)18-20)17-13(19)9-5-7(14)11(15)21-9/h2-5,20H,1H3,(H2,16,18)(H,17,19). The molecular formula is C13H11Br2N3O2S. The highest BCUT2D eigenvalue weighted by Crippen LogP contribution is 2.33. The molecule has 21 heavy (non-hydrogen) atoms. The highest BCUT2D eigenvalue weighted by Gasteiger charge is 2.16. The van der Waals surface area contributed by atoms with Crippen LogP contribution in [0.1, 0.15) is 20.8 Å². The molecule has 1 heterocycles. The Balaban J connectivity index is 2.36. The van der Waals surface area contributed by atoms with Gasteiger partial charge in [0.15, 0.2) is 5.84 Å². The van der Waals surface area contributed by atoms with E-state index in [4.69, 9.17) is 10.9 Å². The molecule has 4 N–H and O–H groups in total. The van der Waals surface area contributed by atoms with Crippen molar-refractivity contribution in [2.24, 2.45) is 10.9 Å². The Morgan fingerprint density at radius 3 is 2.71 bits per heavy atom. The molecule has 2 aromatic rings. The summed E-state index contributed by atoms with van der Waals surface area (Å²) in [5.41, 5.74) is 7.48. The summed E-state index contributed by atoms with van der Waals surface area (Å²) < 4.78 is 1.66. The minimum absolute atomic E-state index is 0.0445. The van der Waals surface area contributed by atoms with Crippen molar-refractivity contribution >= 4 is 60.6 Å². The predicted octanol–water partition coefficient (Wildman–Crippen LogP) is 3.93. The van der Waals surface area contributed by atoms with Crippen LogP contribution in [-0.2, 0) is 0 Å². The minimum atomic E-state index is -0.260. The van der Waals surface area contributed by atoms with Crippen LogP contribution >= 0.6 is 43.2 Å². The van der Waals surface area contributed by atoms with Gasteiger partial charge in [-0.3, -0.25) is 4.79 Å². The van der Waals surface area contributed by atoms with Crippen LogP contribution in [0, 0.1) is 6.92 Å². The number of amidine groups is 1. The number of benzene rings is 1. The van der Waals surface area contributed by atoms with Crippen LogP contribution in [0.5, 0.6) is 0 Å². The van der Waals surface area contributed by atoms with Crippen molar-refractivity contribution < 1.29 is 10.0 Å². The summed E-state index contributed by atoms with van der Waals surface area (Å²) in [5.74, 6) is -0.305. The van der Waals surface area contributed by atoms with Crippen LogP contribution in [0.2, 0.25) is 0 Å². The van der Waals surface area contributed by atoms with Gasteiger partial charge in [0.1, 0.15) is 0 Å². The third-order valence-corrected chi connectivity index (χ3v) is 6.01. The fraction of sp³-hybridized carbons (Fsp3) is 0.0769.